The molecule has 0 radical (unpaired) electrons. The van der Waals surface area contributed by atoms with Gasteiger partial charge in [0.05, 0.1) is 6.04 Å². The van der Waals surface area contributed by atoms with E-state index in [-0.39, 0.29) is 17.9 Å². The average molecular weight is 387 g/mol. The van der Waals surface area contributed by atoms with Crippen LogP contribution in [0.1, 0.15) is 48.4 Å². The van der Waals surface area contributed by atoms with E-state index in [0.717, 1.165) is 35.7 Å². The Morgan fingerprint density at radius 2 is 1.90 bits per heavy atom. The summed E-state index contributed by atoms with van der Waals surface area (Å²) < 4.78 is 0. The Labute approximate surface area is 170 Å². The van der Waals surface area contributed by atoms with Crippen molar-refractivity contribution in [1.29, 1.82) is 0 Å². The van der Waals surface area contributed by atoms with E-state index in [0.29, 0.717) is 19.4 Å². The second-order valence-electron chi connectivity index (χ2n) is 8.09. The minimum Gasteiger partial charge on any atom is -0.361 e. The Bertz CT molecular complexity index is 1070. The van der Waals surface area contributed by atoms with Gasteiger partial charge in [-0.3, -0.25) is 9.59 Å². The number of aryl methyl sites for hydroxylation is 1. The number of para-hydroxylation sites is 1. The number of benzene rings is 2. The predicted octanol–water partition coefficient (Wildman–Crippen LogP) is 3.85. The number of hydrogen-bond donors (Lipinski definition) is 2. The van der Waals surface area contributed by atoms with Crippen LogP contribution in [-0.2, 0) is 22.6 Å². The van der Waals surface area contributed by atoms with Crippen LogP contribution in [0.2, 0.25) is 0 Å². The Morgan fingerprint density at radius 1 is 1.07 bits per heavy atom. The molecule has 2 aliphatic rings. The van der Waals surface area contributed by atoms with Gasteiger partial charge >= 0.3 is 0 Å². The fourth-order valence-electron chi connectivity index (χ4n) is 4.82. The molecule has 5 heteroatoms. The van der Waals surface area contributed by atoms with Gasteiger partial charge in [0.2, 0.25) is 11.8 Å². The molecule has 2 atom stereocenters. The van der Waals surface area contributed by atoms with E-state index < -0.39 is 6.04 Å². The zero-order chi connectivity index (χ0) is 19.8. The van der Waals surface area contributed by atoms with Gasteiger partial charge in [-0.2, -0.15) is 0 Å². The van der Waals surface area contributed by atoms with Gasteiger partial charge in [0.15, 0.2) is 0 Å². The standard InChI is InChI=1S/C24H25N3O2/c28-23-13-12-22(27(23)15-17-14-25-20-10-4-3-9-19(17)20)24(29)26-21-11-5-7-16-6-1-2-8-18(16)21/h1-4,6,8-10,14,21-22,25H,5,7,11-13,15H2,(H,26,29). The van der Waals surface area contributed by atoms with Crippen molar-refractivity contribution in [2.45, 2.75) is 50.7 Å². The Kier molecular flexibility index (Phi) is 4.58. The van der Waals surface area contributed by atoms with E-state index in [4.69, 9.17) is 0 Å². The molecule has 2 amide bonds. The summed E-state index contributed by atoms with van der Waals surface area (Å²) in [5, 5.41) is 4.35. The maximum Gasteiger partial charge on any atom is 0.243 e. The quantitative estimate of drug-likeness (QED) is 0.714. The predicted molar refractivity (Wildman–Crippen MR) is 112 cm³/mol. The Morgan fingerprint density at radius 3 is 2.83 bits per heavy atom. The highest BCUT2D eigenvalue weighted by atomic mass is 16.2. The monoisotopic (exact) mass is 387 g/mol. The molecule has 1 aliphatic carbocycles. The lowest BCUT2D eigenvalue weighted by molar-refractivity contribution is -0.136. The van der Waals surface area contributed by atoms with Gasteiger partial charge in [-0.05, 0) is 48.4 Å². The van der Waals surface area contributed by atoms with Crippen LogP contribution in [0, 0.1) is 0 Å². The largest absolute Gasteiger partial charge is 0.361 e. The summed E-state index contributed by atoms with van der Waals surface area (Å²) in [5.41, 5.74) is 4.65. The van der Waals surface area contributed by atoms with Crippen molar-refractivity contribution >= 4 is 22.7 Å². The maximum atomic E-state index is 13.2. The second kappa shape index (κ2) is 7.39. The molecule has 2 N–H and O–H groups in total. The number of likely N-dealkylation sites (tertiary alicyclic amines) is 1. The van der Waals surface area contributed by atoms with Crippen molar-refractivity contribution in [3.8, 4) is 0 Å². The van der Waals surface area contributed by atoms with Crippen LogP contribution < -0.4 is 5.32 Å². The lowest BCUT2D eigenvalue weighted by Gasteiger charge is -2.30. The summed E-state index contributed by atoms with van der Waals surface area (Å²) >= 11 is 0. The number of carbonyl (C=O) groups is 2. The van der Waals surface area contributed by atoms with Gasteiger partial charge in [0, 0.05) is 30.1 Å². The van der Waals surface area contributed by atoms with Crippen LogP contribution in [0.25, 0.3) is 10.9 Å². The molecule has 3 aromatic rings. The minimum absolute atomic E-state index is 0.0302. The van der Waals surface area contributed by atoms with Crippen molar-refractivity contribution in [1.82, 2.24) is 15.2 Å². The average Bonchev–Trinajstić information content (AvgIpc) is 3.33. The summed E-state index contributed by atoms with van der Waals surface area (Å²) in [6.45, 7) is 0.461. The van der Waals surface area contributed by atoms with E-state index >= 15 is 0 Å². The van der Waals surface area contributed by atoms with Gasteiger partial charge in [-0.1, -0.05) is 42.5 Å². The molecule has 2 aromatic carbocycles. The van der Waals surface area contributed by atoms with Gasteiger partial charge in [-0.25, -0.2) is 0 Å². The molecule has 0 spiro atoms. The molecular formula is C24H25N3O2. The third-order valence-corrected chi connectivity index (χ3v) is 6.33. The zero-order valence-electron chi connectivity index (χ0n) is 16.4. The maximum absolute atomic E-state index is 13.2. The molecule has 148 valence electrons. The molecule has 1 aromatic heterocycles. The van der Waals surface area contributed by atoms with Crippen LogP contribution in [0.4, 0.5) is 0 Å². The van der Waals surface area contributed by atoms with Crippen molar-refractivity contribution in [3.05, 3.63) is 71.4 Å². The van der Waals surface area contributed by atoms with Crippen LogP contribution >= 0.6 is 0 Å². The molecule has 1 aliphatic heterocycles. The van der Waals surface area contributed by atoms with Gasteiger partial charge in [-0.15, -0.1) is 0 Å². The molecule has 5 nitrogen and oxygen atoms in total. The third kappa shape index (κ3) is 3.31. The summed E-state index contributed by atoms with van der Waals surface area (Å²) in [6.07, 6.45) is 6.05. The van der Waals surface area contributed by atoms with Gasteiger partial charge in [0.1, 0.15) is 6.04 Å². The lowest BCUT2D eigenvalue weighted by Crippen LogP contribution is -2.45. The first-order valence-corrected chi connectivity index (χ1v) is 10.4. The van der Waals surface area contributed by atoms with Gasteiger partial charge in [0.25, 0.3) is 0 Å². The first kappa shape index (κ1) is 18.0. The van der Waals surface area contributed by atoms with Crippen molar-refractivity contribution in [2.24, 2.45) is 0 Å². The number of nitrogens with zero attached hydrogens (tertiary/aromatic N) is 1. The van der Waals surface area contributed by atoms with Crippen LogP contribution in [-0.4, -0.2) is 27.7 Å². The SMILES string of the molecule is O=C(NC1CCCc2ccccc21)C1CCC(=O)N1Cc1c[nH]c2ccccc12. The number of carbonyl (C=O) groups excluding carboxylic acids is 2. The highest BCUT2D eigenvalue weighted by Gasteiger charge is 2.37. The molecule has 29 heavy (non-hydrogen) atoms. The van der Waals surface area contributed by atoms with Gasteiger partial charge < -0.3 is 15.2 Å². The lowest BCUT2D eigenvalue weighted by atomic mass is 9.87. The van der Waals surface area contributed by atoms with E-state index in [9.17, 15) is 9.59 Å². The summed E-state index contributed by atoms with van der Waals surface area (Å²) in [5.74, 6) is 0.0249. The summed E-state index contributed by atoms with van der Waals surface area (Å²) in [7, 11) is 0. The summed E-state index contributed by atoms with van der Waals surface area (Å²) in [4.78, 5) is 30.7. The van der Waals surface area contributed by atoms with Crippen molar-refractivity contribution in [3.63, 3.8) is 0 Å². The second-order valence-corrected chi connectivity index (χ2v) is 8.09. The smallest absolute Gasteiger partial charge is 0.243 e. The van der Waals surface area contributed by atoms with Crippen molar-refractivity contribution in [2.75, 3.05) is 0 Å². The number of hydrogen-bond acceptors (Lipinski definition) is 2. The van der Waals surface area contributed by atoms with E-state index in [1.54, 1.807) is 4.90 Å². The molecule has 1 fully saturated rings. The number of amides is 2. The highest BCUT2D eigenvalue weighted by molar-refractivity contribution is 5.91. The van der Waals surface area contributed by atoms with Crippen molar-refractivity contribution < 1.29 is 9.59 Å². The normalized spacial score (nSPS) is 21.4. The molecule has 2 heterocycles. The molecule has 2 unspecified atom stereocenters. The first-order chi connectivity index (χ1) is 14.2. The van der Waals surface area contributed by atoms with Crippen LogP contribution in [0.15, 0.2) is 54.7 Å². The number of H-pyrrole nitrogens is 1. The fourth-order valence-corrected chi connectivity index (χ4v) is 4.82. The minimum atomic E-state index is -0.398. The number of fused-ring (bicyclic) bond motifs is 2. The third-order valence-electron chi connectivity index (χ3n) is 6.33. The number of aromatic amines is 1. The number of rotatable bonds is 4. The van der Waals surface area contributed by atoms with Crippen LogP contribution in [0.5, 0.6) is 0 Å². The summed E-state index contributed by atoms with van der Waals surface area (Å²) in [6, 6.07) is 16.1. The molecule has 5 rings (SSSR count). The number of nitrogens with one attached hydrogen (secondary N) is 2. The van der Waals surface area contributed by atoms with Crippen LogP contribution in [0.3, 0.4) is 0 Å². The van der Waals surface area contributed by atoms with E-state index in [1.807, 2.05) is 30.5 Å². The number of aromatic nitrogens is 1. The fraction of sp³-hybridized carbons (Fsp3) is 0.333. The first-order valence-electron chi connectivity index (χ1n) is 10.4. The highest BCUT2D eigenvalue weighted by Crippen LogP contribution is 2.31. The van der Waals surface area contributed by atoms with E-state index in [2.05, 4.69) is 34.6 Å². The topological polar surface area (TPSA) is 65.2 Å². The molecule has 0 saturated carbocycles. The zero-order valence-corrected chi connectivity index (χ0v) is 16.4. The molecule has 1 saturated heterocycles. The van der Waals surface area contributed by atoms with E-state index in [1.165, 1.54) is 11.1 Å². The Hall–Kier alpha value is -3.08. The molecule has 0 bridgehead atoms. The molecular weight excluding hydrogens is 362 g/mol. The Balaban J connectivity index is 1.35.